The molecule has 3 heterocycles. The fourth-order valence-electron chi connectivity index (χ4n) is 4.64. The van der Waals surface area contributed by atoms with Crippen molar-refractivity contribution in [2.75, 3.05) is 33.8 Å². The highest BCUT2D eigenvalue weighted by Gasteiger charge is 2.46. The topological polar surface area (TPSA) is 71.7 Å². The average molecular weight is 384 g/mol. The summed E-state index contributed by atoms with van der Waals surface area (Å²) in [5, 5.41) is 8.31. The molecule has 1 atom stereocenters. The fourth-order valence-corrected chi connectivity index (χ4v) is 4.64. The number of ether oxygens (including phenoxy) is 1. The van der Waals surface area contributed by atoms with Gasteiger partial charge < -0.3 is 14.1 Å². The molecule has 28 heavy (non-hydrogen) atoms. The Balaban J connectivity index is 1.40. The lowest BCUT2D eigenvalue weighted by atomic mass is 9.76. The number of aromatic nitrogens is 2. The first-order valence-corrected chi connectivity index (χ1v) is 9.87. The van der Waals surface area contributed by atoms with Crippen LogP contribution < -0.4 is 0 Å². The molecule has 1 spiro atoms. The summed E-state index contributed by atoms with van der Waals surface area (Å²) >= 11 is 0. The van der Waals surface area contributed by atoms with E-state index in [1.54, 1.807) is 7.11 Å². The third-order valence-corrected chi connectivity index (χ3v) is 6.15. The van der Waals surface area contributed by atoms with Crippen molar-refractivity contribution < 1.29 is 13.9 Å². The first-order valence-electron chi connectivity index (χ1n) is 9.87. The SMILES string of the molecule is COCc1nnc(C2CC3(CCN(C(=O)c4cccc(C)c4)CC3)CN2C)o1. The molecule has 7 nitrogen and oxygen atoms in total. The van der Waals surface area contributed by atoms with Gasteiger partial charge in [0.25, 0.3) is 5.91 Å². The van der Waals surface area contributed by atoms with Crippen molar-refractivity contribution in [3.63, 3.8) is 0 Å². The van der Waals surface area contributed by atoms with Crippen LogP contribution in [0.1, 0.15) is 53.0 Å². The molecule has 2 aromatic rings. The van der Waals surface area contributed by atoms with Gasteiger partial charge in [0.15, 0.2) is 0 Å². The second-order valence-corrected chi connectivity index (χ2v) is 8.26. The van der Waals surface area contributed by atoms with E-state index in [1.807, 2.05) is 36.1 Å². The number of benzene rings is 1. The van der Waals surface area contributed by atoms with Crippen LogP contribution in [0.3, 0.4) is 0 Å². The molecule has 150 valence electrons. The zero-order valence-electron chi connectivity index (χ0n) is 16.9. The van der Waals surface area contributed by atoms with Gasteiger partial charge in [0, 0.05) is 32.3 Å². The largest absolute Gasteiger partial charge is 0.421 e. The predicted octanol–water partition coefficient (Wildman–Crippen LogP) is 2.82. The number of likely N-dealkylation sites (tertiary alicyclic amines) is 2. The molecule has 1 aromatic carbocycles. The van der Waals surface area contributed by atoms with Crippen molar-refractivity contribution in [1.29, 1.82) is 0 Å². The molecule has 2 fully saturated rings. The monoisotopic (exact) mass is 384 g/mol. The highest BCUT2D eigenvalue weighted by Crippen LogP contribution is 2.48. The first kappa shape index (κ1) is 19.1. The van der Waals surface area contributed by atoms with Gasteiger partial charge in [-0.05, 0) is 50.8 Å². The maximum absolute atomic E-state index is 12.8. The minimum atomic E-state index is 0.136. The molecule has 0 aliphatic carbocycles. The predicted molar refractivity (Wildman–Crippen MR) is 104 cm³/mol. The van der Waals surface area contributed by atoms with Crippen LogP contribution in [0, 0.1) is 12.3 Å². The highest BCUT2D eigenvalue weighted by molar-refractivity contribution is 5.94. The summed E-state index contributed by atoms with van der Waals surface area (Å²) in [7, 11) is 3.73. The Labute approximate surface area is 165 Å². The van der Waals surface area contributed by atoms with E-state index < -0.39 is 0 Å². The molecule has 0 radical (unpaired) electrons. The van der Waals surface area contributed by atoms with Crippen LogP contribution in [0.15, 0.2) is 28.7 Å². The van der Waals surface area contributed by atoms with Crippen LogP contribution >= 0.6 is 0 Å². The van der Waals surface area contributed by atoms with Crippen LogP contribution in [0.25, 0.3) is 0 Å². The minimum absolute atomic E-state index is 0.136. The molecular weight excluding hydrogens is 356 g/mol. The van der Waals surface area contributed by atoms with E-state index in [1.165, 1.54) is 0 Å². The van der Waals surface area contributed by atoms with Gasteiger partial charge in [0.1, 0.15) is 6.61 Å². The van der Waals surface area contributed by atoms with E-state index in [4.69, 9.17) is 9.15 Å². The summed E-state index contributed by atoms with van der Waals surface area (Å²) < 4.78 is 10.9. The van der Waals surface area contributed by atoms with E-state index in [9.17, 15) is 4.79 Å². The van der Waals surface area contributed by atoms with Gasteiger partial charge in [-0.1, -0.05) is 17.7 Å². The smallest absolute Gasteiger partial charge is 0.253 e. The molecule has 7 heteroatoms. The molecule has 2 aliphatic rings. The molecule has 4 rings (SSSR count). The normalized spacial score (nSPS) is 22.1. The molecule has 0 saturated carbocycles. The molecule has 2 saturated heterocycles. The standard InChI is InChI=1S/C21H28N4O3/c1-15-5-4-6-16(11-15)20(26)25-9-7-21(8-10-25)12-17(24(2)14-21)19-23-22-18(28-19)13-27-3/h4-6,11,17H,7-10,12-14H2,1-3H3. The Hall–Kier alpha value is -2.25. The van der Waals surface area contributed by atoms with Gasteiger partial charge in [-0.15, -0.1) is 10.2 Å². The van der Waals surface area contributed by atoms with Crippen molar-refractivity contribution in [3.8, 4) is 0 Å². The summed E-state index contributed by atoms with van der Waals surface area (Å²) in [6.45, 7) is 4.95. The lowest BCUT2D eigenvalue weighted by Crippen LogP contribution is -2.44. The number of rotatable bonds is 4. The van der Waals surface area contributed by atoms with Crippen molar-refractivity contribution >= 4 is 5.91 Å². The highest BCUT2D eigenvalue weighted by atomic mass is 16.5. The van der Waals surface area contributed by atoms with Gasteiger partial charge in [-0.3, -0.25) is 9.69 Å². The van der Waals surface area contributed by atoms with Crippen LogP contribution in [-0.4, -0.2) is 59.7 Å². The Morgan fingerprint density at radius 2 is 2.11 bits per heavy atom. The van der Waals surface area contributed by atoms with Gasteiger partial charge in [0.05, 0.1) is 6.04 Å². The molecule has 2 aliphatic heterocycles. The van der Waals surface area contributed by atoms with Crippen molar-refractivity contribution in [3.05, 3.63) is 47.2 Å². The Bertz CT molecular complexity index is 842. The van der Waals surface area contributed by atoms with Gasteiger partial charge in [0.2, 0.25) is 11.8 Å². The van der Waals surface area contributed by atoms with Crippen LogP contribution in [0.2, 0.25) is 0 Å². The van der Waals surface area contributed by atoms with E-state index in [2.05, 4.69) is 22.1 Å². The summed E-state index contributed by atoms with van der Waals surface area (Å²) in [5.74, 6) is 1.33. The minimum Gasteiger partial charge on any atom is -0.421 e. The number of piperidine rings is 1. The second-order valence-electron chi connectivity index (χ2n) is 8.26. The fraction of sp³-hybridized carbons (Fsp3) is 0.571. The van der Waals surface area contributed by atoms with E-state index in [0.29, 0.717) is 18.4 Å². The number of carbonyl (C=O) groups is 1. The Morgan fingerprint density at radius 3 is 2.82 bits per heavy atom. The summed E-state index contributed by atoms with van der Waals surface area (Å²) in [6.07, 6.45) is 3.00. The molecule has 0 N–H and O–H groups in total. The van der Waals surface area contributed by atoms with Gasteiger partial charge in [-0.25, -0.2) is 0 Å². The van der Waals surface area contributed by atoms with E-state index in [-0.39, 0.29) is 17.4 Å². The molecule has 1 aromatic heterocycles. The number of hydrogen-bond acceptors (Lipinski definition) is 6. The maximum Gasteiger partial charge on any atom is 0.253 e. The van der Waals surface area contributed by atoms with Gasteiger partial charge in [-0.2, -0.15) is 0 Å². The van der Waals surface area contributed by atoms with E-state index in [0.717, 1.165) is 50.0 Å². The lowest BCUT2D eigenvalue weighted by molar-refractivity contribution is 0.0593. The Morgan fingerprint density at radius 1 is 1.32 bits per heavy atom. The van der Waals surface area contributed by atoms with Crippen LogP contribution in [0.5, 0.6) is 0 Å². The maximum atomic E-state index is 12.8. The second kappa shape index (κ2) is 7.64. The van der Waals surface area contributed by atoms with E-state index >= 15 is 0 Å². The van der Waals surface area contributed by atoms with Crippen molar-refractivity contribution in [2.45, 2.75) is 38.8 Å². The quantitative estimate of drug-likeness (QED) is 0.807. The first-order chi connectivity index (χ1) is 13.5. The summed E-state index contributed by atoms with van der Waals surface area (Å²) in [5.41, 5.74) is 2.11. The van der Waals surface area contributed by atoms with Gasteiger partial charge >= 0.3 is 0 Å². The van der Waals surface area contributed by atoms with Crippen LogP contribution in [0.4, 0.5) is 0 Å². The zero-order valence-corrected chi connectivity index (χ0v) is 16.9. The molecule has 1 unspecified atom stereocenters. The lowest BCUT2D eigenvalue weighted by Gasteiger charge is -2.39. The number of methoxy groups -OCH3 is 1. The number of aryl methyl sites for hydroxylation is 1. The number of nitrogens with zero attached hydrogens (tertiary/aromatic N) is 4. The van der Waals surface area contributed by atoms with Crippen molar-refractivity contribution in [1.82, 2.24) is 20.0 Å². The number of amides is 1. The summed E-state index contributed by atoms with van der Waals surface area (Å²) in [4.78, 5) is 17.1. The van der Waals surface area contributed by atoms with Crippen molar-refractivity contribution in [2.24, 2.45) is 5.41 Å². The third-order valence-electron chi connectivity index (χ3n) is 6.15. The molecule has 1 amide bonds. The average Bonchev–Trinajstić information content (AvgIpc) is 3.27. The molecule has 0 bridgehead atoms. The number of carbonyl (C=O) groups excluding carboxylic acids is 1. The van der Waals surface area contributed by atoms with Crippen LogP contribution in [-0.2, 0) is 11.3 Å². The number of hydrogen-bond donors (Lipinski definition) is 0. The molecular formula is C21H28N4O3. The Kier molecular flexibility index (Phi) is 5.21. The summed E-state index contributed by atoms with van der Waals surface area (Å²) in [6, 6.07) is 7.99. The zero-order chi connectivity index (χ0) is 19.7. The third kappa shape index (κ3) is 3.69.